The number of nitro benzene ring substituents is 1. The molecule has 1 fully saturated rings. The molecule has 0 bridgehead atoms. The summed E-state index contributed by atoms with van der Waals surface area (Å²) >= 11 is 3.02. The summed E-state index contributed by atoms with van der Waals surface area (Å²) in [6.45, 7) is 2.52. The minimum absolute atomic E-state index is 0.000983. The predicted molar refractivity (Wildman–Crippen MR) is 68.2 cm³/mol. The third-order valence-electron chi connectivity index (χ3n) is 2.95. The molecule has 0 spiro atoms. The zero-order chi connectivity index (χ0) is 13.3. The van der Waals surface area contributed by atoms with Crippen molar-refractivity contribution in [1.29, 1.82) is 0 Å². The highest BCUT2D eigenvalue weighted by atomic mass is 79.9. The molecule has 1 saturated heterocycles. The van der Waals surface area contributed by atoms with E-state index in [-0.39, 0.29) is 22.3 Å². The first kappa shape index (κ1) is 13.2. The number of rotatable bonds is 3. The fourth-order valence-electron chi connectivity index (χ4n) is 1.92. The van der Waals surface area contributed by atoms with E-state index in [1.54, 1.807) is 0 Å². The van der Waals surface area contributed by atoms with E-state index in [9.17, 15) is 14.5 Å². The second kappa shape index (κ2) is 5.19. The Labute approximate surface area is 112 Å². The van der Waals surface area contributed by atoms with E-state index in [1.165, 1.54) is 6.07 Å². The summed E-state index contributed by atoms with van der Waals surface area (Å²) in [6.07, 6.45) is 0.751. The quantitative estimate of drug-likeness (QED) is 0.687. The minimum Gasteiger partial charge on any atom is -0.376 e. The summed E-state index contributed by atoms with van der Waals surface area (Å²) in [6, 6.07) is 2.30. The van der Waals surface area contributed by atoms with E-state index in [2.05, 4.69) is 21.2 Å². The molecule has 1 aliphatic rings. The molecule has 1 aromatic rings. The first-order chi connectivity index (χ1) is 8.49. The molecule has 1 aliphatic heterocycles. The van der Waals surface area contributed by atoms with Gasteiger partial charge in [0.15, 0.2) is 0 Å². The van der Waals surface area contributed by atoms with Gasteiger partial charge >= 0.3 is 0 Å². The van der Waals surface area contributed by atoms with E-state index in [1.807, 2.05) is 6.92 Å². The number of halogens is 2. The Balaban J connectivity index is 2.30. The molecule has 5 nitrogen and oxygen atoms in total. The lowest BCUT2D eigenvalue weighted by Crippen LogP contribution is -2.27. The van der Waals surface area contributed by atoms with E-state index >= 15 is 0 Å². The lowest BCUT2D eigenvalue weighted by atomic mass is 10.1. The second-order valence-electron chi connectivity index (χ2n) is 4.16. The van der Waals surface area contributed by atoms with Gasteiger partial charge in [0.2, 0.25) is 0 Å². The largest absolute Gasteiger partial charge is 0.376 e. The molecule has 1 heterocycles. The lowest BCUT2D eigenvalue weighted by Gasteiger charge is -2.17. The Hall–Kier alpha value is -1.21. The summed E-state index contributed by atoms with van der Waals surface area (Å²) < 4.78 is 18.9. The number of nitrogens with zero attached hydrogens (tertiary/aromatic N) is 1. The van der Waals surface area contributed by atoms with Crippen LogP contribution in [0, 0.1) is 15.9 Å². The van der Waals surface area contributed by atoms with Gasteiger partial charge in [0.05, 0.1) is 27.6 Å². The summed E-state index contributed by atoms with van der Waals surface area (Å²) in [5.41, 5.74) is 0.0328. The van der Waals surface area contributed by atoms with Gasteiger partial charge < -0.3 is 10.1 Å². The average Bonchev–Trinajstić information content (AvgIpc) is 2.69. The molecule has 1 aromatic carbocycles. The average molecular weight is 319 g/mol. The molecule has 7 heteroatoms. The van der Waals surface area contributed by atoms with E-state index in [0.29, 0.717) is 12.3 Å². The molecule has 1 N–H and O–H groups in total. The molecular weight excluding hydrogens is 307 g/mol. The van der Waals surface area contributed by atoms with Crippen LogP contribution in [-0.4, -0.2) is 23.7 Å². The summed E-state index contributed by atoms with van der Waals surface area (Å²) in [7, 11) is 0. The monoisotopic (exact) mass is 318 g/mol. The number of ether oxygens (including phenoxy) is 1. The standard InChI is InChI=1S/C11H12BrFN2O3/c1-6-9(2-3-18-6)14-10-4-7(12)8(13)5-11(10)15(16)17/h4-6,9,14H,2-3H2,1H3. The Kier molecular flexibility index (Phi) is 3.82. The van der Waals surface area contributed by atoms with Crippen LogP contribution in [-0.2, 0) is 4.74 Å². The molecule has 0 aromatic heterocycles. The predicted octanol–water partition coefficient (Wildman–Crippen LogP) is 3.09. The van der Waals surface area contributed by atoms with Crippen LogP contribution in [0.25, 0.3) is 0 Å². The Morgan fingerprint density at radius 1 is 1.61 bits per heavy atom. The van der Waals surface area contributed by atoms with Crippen LogP contribution in [0.15, 0.2) is 16.6 Å². The molecule has 2 atom stereocenters. The fourth-order valence-corrected chi connectivity index (χ4v) is 2.27. The van der Waals surface area contributed by atoms with Crippen molar-refractivity contribution in [3.63, 3.8) is 0 Å². The first-order valence-electron chi connectivity index (χ1n) is 5.50. The van der Waals surface area contributed by atoms with Gasteiger partial charge in [0, 0.05) is 6.61 Å². The highest BCUT2D eigenvalue weighted by Crippen LogP contribution is 2.32. The van der Waals surface area contributed by atoms with Crippen molar-refractivity contribution in [2.75, 3.05) is 11.9 Å². The number of nitro groups is 1. The Morgan fingerprint density at radius 3 is 2.89 bits per heavy atom. The summed E-state index contributed by atoms with van der Waals surface area (Å²) in [5.74, 6) is -0.650. The lowest BCUT2D eigenvalue weighted by molar-refractivity contribution is -0.384. The van der Waals surface area contributed by atoms with E-state index in [4.69, 9.17) is 4.74 Å². The van der Waals surface area contributed by atoms with Gasteiger partial charge in [-0.1, -0.05) is 0 Å². The number of anilines is 1. The van der Waals surface area contributed by atoms with Crippen molar-refractivity contribution in [1.82, 2.24) is 0 Å². The second-order valence-corrected chi connectivity index (χ2v) is 5.01. The van der Waals surface area contributed by atoms with Gasteiger partial charge in [-0.2, -0.15) is 0 Å². The van der Waals surface area contributed by atoms with Crippen LogP contribution in [0.3, 0.4) is 0 Å². The van der Waals surface area contributed by atoms with Crippen LogP contribution in [0.4, 0.5) is 15.8 Å². The van der Waals surface area contributed by atoms with Gasteiger partial charge in [-0.15, -0.1) is 0 Å². The number of hydrogen-bond donors (Lipinski definition) is 1. The molecule has 2 unspecified atom stereocenters. The van der Waals surface area contributed by atoms with Crippen molar-refractivity contribution in [3.8, 4) is 0 Å². The zero-order valence-corrected chi connectivity index (χ0v) is 11.2. The highest BCUT2D eigenvalue weighted by Gasteiger charge is 2.27. The maximum absolute atomic E-state index is 13.3. The third kappa shape index (κ3) is 2.62. The van der Waals surface area contributed by atoms with Gasteiger partial charge in [0.1, 0.15) is 11.5 Å². The third-order valence-corrected chi connectivity index (χ3v) is 3.56. The van der Waals surface area contributed by atoms with Crippen molar-refractivity contribution in [3.05, 3.63) is 32.5 Å². The fraction of sp³-hybridized carbons (Fsp3) is 0.455. The van der Waals surface area contributed by atoms with Crippen molar-refractivity contribution in [2.45, 2.75) is 25.5 Å². The number of nitrogens with one attached hydrogen (secondary N) is 1. The van der Waals surface area contributed by atoms with Gasteiger partial charge in [-0.05, 0) is 35.3 Å². The number of hydrogen-bond acceptors (Lipinski definition) is 4. The first-order valence-corrected chi connectivity index (χ1v) is 6.30. The van der Waals surface area contributed by atoms with Crippen LogP contribution in [0.1, 0.15) is 13.3 Å². The van der Waals surface area contributed by atoms with Gasteiger partial charge in [0.25, 0.3) is 5.69 Å². The molecule has 98 valence electrons. The van der Waals surface area contributed by atoms with Gasteiger partial charge in [-0.25, -0.2) is 4.39 Å². The maximum Gasteiger partial charge on any atom is 0.295 e. The summed E-state index contributed by atoms with van der Waals surface area (Å²) in [5, 5.41) is 13.9. The van der Waals surface area contributed by atoms with E-state index in [0.717, 1.165) is 12.5 Å². The van der Waals surface area contributed by atoms with Crippen LogP contribution < -0.4 is 5.32 Å². The van der Waals surface area contributed by atoms with Crippen molar-refractivity contribution >= 4 is 27.3 Å². The SMILES string of the molecule is CC1OCCC1Nc1cc(Br)c(F)cc1[N+](=O)[O-]. The van der Waals surface area contributed by atoms with Crippen LogP contribution >= 0.6 is 15.9 Å². The molecular formula is C11H12BrFN2O3. The van der Waals surface area contributed by atoms with Crippen molar-refractivity contribution in [2.24, 2.45) is 0 Å². The zero-order valence-electron chi connectivity index (χ0n) is 9.65. The van der Waals surface area contributed by atoms with Crippen LogP contribution in [0.5, 0.6) is 0 Å². The van der Waals surface area contributed by atoms with Crippen molar-refractivity contribution < 1.29 is 14.1 Å². The van der Waals surface area contributed by atoms with Gasteiger partial charge in [-0.3, -0.25) is 10.1 Å². The molecule has 0 amide bonds. The molecule has 18 heavy (non-hydrogen) atoms. The smallest absolute Gasteiger partial charge is 0.295 e. The minimum atomic E-state index is -0.650. The Bertz CT molecular complexity index is 484. The Morgan fingerprint density at radius 2 is 2.33 bits per heavy atom. The topological polar surface area (TPSA) is 64.4 Å². The molecule has 0 radical (unpaired) electrons. The summed E-state index contributed by atoms with van der Waals surface area (Å²) in [4.78, 5) is 10.3. The highest BCUT2D eigenvalue weighted by molar-refractivity contribution is 9.10. The molecule has 0 saturated carbocycles. The molecule has 2 rings (SSSR count). The molecule has 0 aliphatic carbocycles. The van der Waals surface area contributed by atoms with Crippen LogP contribution in [0.2, 0.25) is 0 Å². The van der Waals surface area contributed by atoms with E-state index < -0.39 is 10.7 Å². The normalized spacial score (nSPS) is 23.1. The maximum atomic E-state index is 13.3. The number of benzene rings is 1.